The highest BCUT2D eigenvalue weighted by atomic mass is 32.1. The SMILES string of the molecule is CCC(NC1C=CCCC1)c1nccs1. The molecule has 1 heterocycles. The molecule has 1 aliphatic carbocycles. The summed E-state index contributed by atoms with van der Waals surface area (Å²) in [4.78, 5) is 4.38. The molecule has 0 saturated carbocycles. The van der Waals surface area contributed by atoms with Gasteiger partial charge >= 0.3 is 0 Å². The first-order valence-corrected chi connectivity index (χ1v) is 6.60. The van der Waals surface area contributed by atoms with E-state index < -0.39 is 0 Å². The number of allylic oxidation sites excluding steroid dienone is 1. The molecule has 2 atom stereocenters. The van der Waals surface area contributed by atoms with Gasteiger partial charge in [-0.15, -0.1) is 11.3 Å². The van der Waals surface area contributed by atoms with E-state index in [0.29, 0.717) is 12.1 Å². The molecule has 1 aliphatic rings. The minimum Gasteiger partial charge on any atom is -0.302 e. The molecular formula is C12H18N2S. The first-order valence-electron chi connectivity index (χ1n) is 5.72. The van der Waals surface area contributed by atoms with Crippen molar-refractivity contribution < 1.29 is 0 Å². The molecule has 1 aromatic rings. The fraction of sp³-hybridized carbons (Fsp3) is 0.583. The number of hydrogen-bond acceptors (Lipinski definition) is 3. The zero-order valence-electron chi connectivity index (χ0n) is 9.15. The maximum atomic E-state index is 4.38. The predicted molar refractivity (Wildman–Crippen MR) is 65.1 cm³/mol. The zero-order chi connectivity index (χ0) is 10.5. The van der Waals surface area contributed by atoms with E-state index in [1.54, 1.807) is 11.3 Å². The van der Waals surface area contributed by atoms with Gasteiger partial charge in [0.1, 0.15) is 5.01 Å². The van der Waals surface area contributed by atoms with Gasteiger partial charge in [-0.1, -0.05) is 19.1 Å². The van der Waals surface area contributed by atoms with Crippen LogP contribution >= 0.6 is 11.3 Å². The number of aromatic nitrogens is 1. The molecule has 0 aromatic carbocycles. The average Bonchev–Trinajstić information content (AvgIpc) is 2.81. The molecule has 1 N–H and O–H groups in total. The lowest BCUT2D eigenvalue weighted by molar-refractivity contribution is 0.437. The lowest BCUT2D eigenvalue weighted by Crippen LogP contribution is -2.32. The average molecular weight is 222 g/mol. The third kappa shape index (κ3) is 2.89. The Morgan fingerprint density at radius 3 is 3.20 bits per heavy atom. The molecule has 2 unspecified atom stereocenters. The molecule has 82 valence electrons. The third-order valence-electron chi connectivity index (χ3n) is 2.83. The highest BCUT2D eigenvalue weighted by molar-refractivity contribution is 7.09. The molecular weight excluding hydrogens is 204 g/mol. The molecule has 0 bridgehead atoms. The predicted octanol–water partition coefficient (Wildman–Crippen LogP) is 3.29. The van der Waals surface area contributed by atoms with E-state index in [-0.39, 0.29) is 0 Å². The Bertz CT molecular complexity index is 305. The maximum Gasteiger partial charge on any atom is 0.109 e. The molecule has 0 amide bonds. The summed E-state index contributed by atoms with van der Waals surface area (Å²) < 4.78 is 0. The summed E-state index contributed by atoms with van der Waals surface area (Å²) in [5, 5.41) is 6.94. The second kappa shape index (κ2) is 5.42. The van der Waals surface area contributed by atoms with E-state index in [2.05, 4.69) is 34.8 Å². The maximum absolute atomic E-state index is 4.38. The Balaban J connectivity index is 1.96. The number of nitrogens with zero attached hydrogens (tertiary/aromatic N) is 1. The van der Waals surface area contributed by atoms with Gasteiger partial charge in [0.2, 0.25) is 0 Å². The van der Waals surface area contributed by atoms with Crippen LogP contribution in [0.15, 0.2) is 23.7 Å². The van der Waals surface area contributed by atoms with Gasteiger partial charge in [0, 0.05) is 17.6 Å². The van der Waals surface area contributed by atoms with Gasteiger partial charge in [-0.2, -0.15) is 0 Å². The van der Waals surface area contributed by atoms with Crippen molar-refractivity contribution in [3.05, 3.63) is 28.7 Å². The molecule has 0 aliphatic heterocycles. The summed E-state index contributed by atoms with van der Waals surface area (Å²) in [6.45, 7) is 2.21. The van der Waals surface area contributed by atoms with E-state index in [4.69, 9.17) is 0 Å². The molecule has 0 fully saturated rings. The van der Waals surface area contributed by atoms with Crippen LogP contribution in [0.1, 0.15) is 43.7 Å². The van der Waals surface area contributed by atoms with Crippen molar-refractivity contribution in [2.45, 2.75) is 44.7 Å². The molecule has 15 heavy (non-hydrogen) atoms. The second-order valence-corrected chi connectivity index (χ2v) is 4.89. The summed E-state index contributed by atoms with van der Waals surface area (Å²) in [5.41, 5.74) is 0. The molecule has 0 spiro atoms. The highest BCUT2D eigenvalue weighted by Crippen LogP contribution is 2.21. The van der Waals surface area contributed by atoms with Crippen molar-refractivity contribution in [3.8, 4) is 0 Å². The second-order valence-electron chi connectivity index (χ2n) is 3.96. The lowest BCUT2D eigenvalue weighted by atomic mass is 10.0. The molecule has 0 radical (unpaired) electrons. The Kier molecular flexibility index (Phi) is 3.92. The van der Waals surface area contributed by atoms with Crippen molar-refractivity contribution >= 4 is 11.3 Å². The van der Waals surface area contributed by atoms with Crippen LogP contribution in [0, 0.1) is 0 Å². The van der Waals surface area contributed by atoms with Gasteiger partial charge in [-0.25, -0.2) is 4.98 Å². The molecule has 2 rings (SSSR count). The summed E-state index contributed by atoms with van der Waals surface area (Å²) in [6, 6.07) is 0.977. The lowest BCUT2D eigenvalue weighted by Gasteiger charge is -2.23. The van der Waals surface area contributed by atoms with E-state index >= 15 is 0 Å². The summed E-state index contributed by atoms with van der Waals surface area (Å²) >= 11 is 1.75. The first-order chi connectivity index (χ1) is 7.40. The van der Waals surface area contributed by atoms with Crippen molar-refractivity contribution in [2.75, 3.05) is 0 Å². The third-order valence-corrected chi connectivity index (χ3v) is 3.72. The standard InChI is InChI=1S/C12H18N2S/c1-2-11(12-13-8-9-15-12)14-10-6-4-3-5-7-10/h4,6,8-11,14H,2-3,5,7H2,1H3. The number of thiazole rings is 1. The smallest absolute Gasteiger partial charge is 0.109 e. The normalized spacial score (nSPS) is 22.9. The largest absolute Gasteiger partial charge is 0.302 e. The topological polar surface area (TPSA) is 24.9 Å². The number of nitrogens with one attached hydrogen (secondary N) is 1. The summed E-state index contributed by atoms with van der Waals surface area (Å²) in [7, 11) is 0. The van der Waals surface area contributed by atoms with E-state index in [9.17, 15) is 0 Å². The van der Waals surface area contributed by atoms with Crippen LogP contribution in [-0.2, 0) is 0 Å². The summed E-state index contributed by atoms with van der Waals surface area (Å²) in [5.74, 6) is 0. The monoisotopic (exact) mass is 222 g/mol. The van der Waals surface area contributed by atoms with Gasteiger partial charge in [0.25, 0.3) is 0 Å². The van der Waals surface area contributed by atoms with E-state index in [1.807, 2.05) is 6.20 Å². The first kappa shape index (κ1) is 10.8. The quantitative estimate of drug-likeness (QED) is 0.791. The van der Waals surface area contributed by atoms with Crippen molar-refractivity contribution in [1.29, 1.82) is 0 Å². The van der Waals surface area contributed by atoms with Gasteiger partial charge in [-0.05, 0) is 25.7 Å². The minimum atomic E-state index is 0.428. The Morgan fingerprint density at radius 2 is 2.60 bits per heavy atom. The van der Waals surface area contributed by atoms with Crippen molar-refractivity contribution in [3.63, 3.8) is 0 Å². The van der Waals surface area contributed by atoms with Gasteiger partial charge in [-0.3, -0.25) is 0 Å². The fourth-order valence-corrected chi connectivity index (χ4v) is 2.76. The fourth-order valence-electron chi connectivity index (χ4n) is 1.98. The van der Waals surface area contributed by atoms with Gasteiger partial charge < -0.3 is 5.32 Å². The van der Waals surface area contributed by atoms with Crippen molar-refractivity contribution in [1.82, 2.24) is 10.3 Å². The van der Waals surface area contributed by atoms with Crippen LogP contribution in [0.25, 0.3) is 0 Å². The van der Waals surface area contributed by atoms with Crippen LogP contribution in [-0.4, -0.2) is 11.0 Å². The Morgan fingerprint density at radius 1 is 1.67 bits per heavy atom. The van der Waals surface area contributed by atoms with Crippen LogP contribution < -0.4 is 5.32 Å². The van der Waals surface area contributed by atoms with Crippen LogP contribution in [0.4, 0.5) is 0 Å². The minimum absolute atomic E-state index is 0.428. The van der Waals surface area contributed by atoms with E-state index in [0.717, 1.165) is 6.42 Å². The molecule has 0 saturated heterocycles. The van der Waals surface area contributed by atoms with Gasteiger partial charge in [0.15, 0.2) is 0 Å². The molecule has 2 nitrogen and oxygen atoms in total. The highest BCUT2D eigenvalue weighted by Gasteiger charge is 2.16. The molecule has 3 heteroatoms. The summed E-state index contributed by atoms with van der Waals surface area (Å²) in [6.07, 6.45) is 11.4. The number of hydrogen-bond donors (Lipinski definition) is 1. The molecule has 1 aromatic heterocycles. The Hall–Kier alpha value is -0.670. The van der Waals surface area contributed by atoms with Gasteiger partial charge in [0.05, 0.1) is 6.04 Å². The zero-order valence-corrected chi connectivity index (χ0v) is 9.96. The van der Waals surface area contributed by atoms with E-state index in [1.165, 1.54) is 24.3 Å². The number of rotatable bonds is 4. The van der Waals surface area contributed by atoms with Crippen molar-refractivity contribution in [2.24, 2.45) is 0 Å². The van der Waals surface area contributed by atoms with Crippen LogP contribution in [0.3, 0.4) is 0 Å². The van der Waals surface area contributed by atoms with Crippen LogP contribution in [0.2, 0.25) is 0 Å². The van der Waals surface area contributed by atoms with Crippen LogP contribution in [0.5, 0.6) is 0 Å². The Labute approximate surface area is 95.4 Å².